The molecule has 0 radical (unpaired) electrons. The number of carboxylic acids is 1. The zero-order valence-electron chi connectivity index (χ0n) is 22.6. The van der Waals surface area contributed by atoms with E-state index in [4.69, 9.17) is 5.11 Å². The summed E-state index contributed by atoms with van der Waals surface area (Å²) in [6.07, 6.45) is -2.53. The molecule has 13 heteroatoms. The number of nitrogens with zero attached hydrogens (tertiary/aromatic N) is 3. The number of aromatic hydroxyl groups is 1. The molecular formula is C28H32F3N5O5. The second kappa shape index (κ2) is 13.9. The fraction of sp³-hybridized carbons (Fsp3) is 0.357. The first-order valence-corrected chi connectivity index (χ1v) is 12.8. The molecule has 2 aromatic carbocycles. The van der Waals surface area contributed by atoms with E-state index in [0.717, 1.165) is 32.0 Å². The number of aryl methyl sites for hydroxylation is 1. The first-order valence-electron chi connectivity index (χ1n) is 12.8. The molecule has 1 aliphatic heterocycles. The van der Waals surface area contributed by atoms with E-state index < -0.39 is 23.5 Å². The molecule has 1 amide bonds. The Morgan fingerprint density at radius 2 is 1.83 bits per heavy atom. The van der Waals surface area contributed by atoms with Crippen LogP contribution in [0.3, 0.4) is 0 Å². The number of rotatable bonds is 7. The van der Waals surface area contributed by atoms with Crippen LogP contribution in [0.15, 0.2) is 48.5 Å². The number of likely N-dealkylation sites (N-methyl/N-ethyl adjacent to an activating group) is 1. The van der Waals surface area contributed by atoms with Crippen molar-refractivity contribution in [2.24, 2.45) is 0 Å². The molecule has 2 heterocycles. The Morgan fingerprint density at radius 3 is 2.41 bits per heavy atom. The summed E-state index contributed by atoms with van der Waals surface area (Å²) in [4.78, 5) is 23.5. The minimum atomic E-state index is -4.55. The number of nitrogens with one attached hydrogen (secondary N) is 2. The van der Waals surface area contributed by atoms with Gasteiger partial charge in [0.25, 0.3) is 5.91 Å². The number of hydrogen-bond acceptors (Lipinski definition) is 8. The maximum atomic E-state index is 12.9. The molecule has 1 aromatic heterocycles. The van der Waals surface area contributed by atoms with Crippen molar-refractivity contribution in [3.8, 4) is 17.0 Å². The summed E-state index contributed by atoms with van der Waals surface area (Å²) in [5.74, 6) is -1.51. The van der Waals surface area contributed by atoms with Gasteiger partial charge in [-0.05, 0) is 69.3 Å². The zero-order chi connectivity index (χ0) is 30.2. The molecule has 1 saturated heterocycles. The Labute approximate surface area is 234 Å². The number of phenolic OH excluding ortho intramolecular Hbond substituents is 1. The third-order valence-corrected chi connectivity index (χ3v) is 6.34. The number of aliphatic hydroxyl groups excluding tert-OH is 1. The van der Waals surface area contributed by atoms with Gasteiger partial charge in [0.2, 0.25) is 0 Å². The number of alkyl halides is 3. The average molecular weight is 576 g/mol. The standard InChI is InChI=1S/C19H23F3N4O2.C9H9NO3/c1-11-6-13(19(20,21)22)8-16(28)17(11)15-7-12(10-27)18(25-24-15)23-14-4-3-5-26(2)9-14;11-8(12)6-10-9(13)7-4-2-1-3-5-7/h6-8,14,27-28H,3-5,9-10H2,1-2H3,(H,23,25);1-5H,6H2,(H,10,13)(H,11,12)/t14-;/m1./s1. The van der Waals surface area contributed by atoms with Crippen LogP contribution in [0, 0.1) is 6.92 Å². The number of piperidine rings is 1. The molecule has 41 heavy (non-hydrogen) atoms. The van der Waals surface area contributed by atoms with Gasteiger partial charge in [-0.2, -0.15) is 13.2 Å². The van der Waals surface area contributed by atoms with Crippen molar-refractivity contribution < 1.29 is 38.1 Å². The molecule has 220 valence electrons. The molecular weight excluding hydrogens is 543 g/mol. The summed E-state index contributed by atoms with van der Waals surface area (Å²) >= 11 is 0. The van der Waals surface area contributed by atoms with E-state index in [1.165, 1.54) is 13.0 Å². The number of anilines is 1. The van der Waals surface area contributed by atoms with Crippen molar-refractivity contribution in [2.75, 3.05) is 32.0 Å². The molecule has 0 saturated carbocycles. The number of benzene rings is 2. The van der Waals surface area contributed by atoms with Crippen LogP contribution in [-0.4, -0.2) is 75.0 Å². The second-order valence-corrected chi connectivity index (χ2v) is 9.63. The van der Waals surface area contributed by atoms with Crippen LogP contribution < -0.4 is 10.6 Å². The van der Waals surface area contributed by atoms with Gasteiger partial charge in [-0.1, -0.05) is 18.2 Å². The Bertz CT molecular complexity index is 1330. The normalized spacial score (nSPS) is 15.4. The topological polar surface area (TPSA) is 148 Å². The minimum absolute atomic E-state index is 0.166. The molecule has 5 N–H and O–H groups in total. The number of hydrogen-bond donors (Lipinski definition) is 5. The SMILES string of the molecule is Cc1cc(C(F)(F)F)cc(O)c1-c1cc(CO)c(N[C@@H]2CCCN(C)C2)nn1.O=C(O)CNC(=O)c1ccccc1. The van der Waals surface area contributed by atoms with Gasteiger partial charge < -0.3 is 30.9 Å². The third kappa shape index (κ3) is 8.88. The molecule has 1 fully saturated rings. The maximum Gasteiger partial charge on any atom is 0.416 e. The fourth-order valence-electron chi connectivity index (χ4n) is 4.39. The number of likely N-dealkylation sites (tertiary alicyclic amines) is 1. The molecule has 0 aliphatic carbocycles. The van der Waals surface area contributed by atoms with Gasteiger partial charge in [0, 0.05) is 29.3 Å². The minimum Gasteiger partial charge on any atom is -0.507 e. The highest BCUT2D eigenvalue weighted by molar-refractivity contribution is 5.95. The molecule has 0 spiro atoms. The highest BCUT2D eigenvalue weighted by Gasteiger charge is 2.32. The van der Waals surface area contributed by atoms with E-state index in [2.05, 4.69) is 25.7 Å². The molecule has 0 bridgehead atoms. The third-order valence-electron chi connectivity index (χ3n) is 6.34. The zero-order valence-corrected chi connectivity index (χ0v) is 22.6. The molecule has 1 aliphatic rings. The first-order chi connectivity index (χ1) is 19.4. The van der Waals surface area contributed by atoms with E-state index in [1.807, 2.05) is 7.05 Å². The molecule has 0 unspecified atom stereocenters. The molecule has 1 atom stereocenters. The van der Waals surface area contributed by atoms with E-state index in [-0.39, 0.29) is 41.9 Å². The van der Waals surface area contributed by atoms with Gasteiger partial charge in [0.15, 0.2) is 5.82 Å². The van der Waals surface area contributed by atoms with Crippen molar-refractivity contribution in [2.45, 2.75) is 38.6 Å². The summed E-state index contributed by atoms with van der Waals surface area (Å²) in [7, 11) is 2.03. The summed E-state index contributed by atoms with van der Waals surface area (Å²) in [6, 6.07) is 11.8. The Morgan fingerprint density at radius 1 is 1.12 bits per heavy atom. The monoisotopic (exact) mass is 575 g/mol. The van der Waals surface area contributed by atoms with Crippen molar-refractivity contribution in [1.82, 2.24) is 20.4 Å². The van der Waals surface area contributed by atoms with Crippen molar-refractivity contribution in [1.29, 1.82) is 0 Å². The number of phenols is 1. The Balaban J connectivity index is 0.000000298. The number of carbonyl (C=O) groups excluding carboxylic acids is 1. The average Bonchev–Trinajstić information content (AvgIpc) is 2.92. The number of carbonyl (C=O) groups is 2. The highest BCUT2D eigenvalue weighted by Crippen LogP contribution is 2.38. The van der Waals surface area contributed by atoms with E-state index >= 15 is 0 Å². The number of aliphatic carboxylic acids is 1. The number of amides is 1. The van der Waals surface area contributed by atoms with Gasteiger partial charge >= 0.3 is 12.1 Å². The number of carboxylic acid groups (broad SMARTS) is 1. The lowest BCUT2D eigenvalue weighted by atomic mass is 9.99. The predicted octanol–water partition coefficient (Wildman–Crippen LogP) is 3.68. The molecule has 3 aromatic rings. The van der Waals surface area contributed by atoms with Gasteiger partial charge in [-0.15, -0.1) is 10.2 Å². The summed E-state index contributed by atoms with van der Waals surface area (Å²) in [6.45, 7) is 2.67. The Hall–Kier alpha value is -4.23. The van der Waals surface area contributed by atoms with Crippen molar-refractivity contribution in [3.05, 3.63) is 70.8 Å². The van der Waals surface area contributed by atoms with Crippen LogP contribution in [0.1, 0.15) is 39.9 Å². The first kappa shape index (κ1) is 31.3. The van der Waals surface area contributed by atoms with Crippen molar-refractivity contribution in [3.63, 3.8) is 0 Å². The summed E-state index contributed by atoms with van der Waals surface area (Å²) in [5.41, 5.74) is 0.598. The second-order valence-electron chi connectivity index (χ2n) is 9.63. The number of aromatic nitrogens is 2. The molecule has 4 rings (SSSR count). The smallest absolute Gasteiger partial charge is 0.416 e. The van der Waals surface area contributed by atoms with Gasteiger partial charge in [0.05, 0.1) is 17.9 Å². The van der Waals surface area contributed by atoms with Gasteiger partial charge in [-0.3, -0.25) is 9.59 Å². The largest absolute Gasteiger partial charge is 0.507 e. The Kier molecular flexibility index (Phi) is 10.6. The van der Waals surface area contributed by atoms with Crippen molar-refractivity contribution >= 4 is 17.7 Å². The number of aliphatic hydroxyl groups is 1. The van der Waals surface area contributed by atoms with E-state index in [9.17, 15) is 33.0 Å². The lowest BCUT2D eigenvalue weighted by Crippen LogP contribution is -2.40. The lowest BCUT2D eigenvalue weighted by Gasteiger charge is -2.30. The highest BCUT2D eigenvalue weighted by atomic mass is 19.4. The lowest BCUT2D eigenvalue weighted by molar-refractivity contribution is -0.138. The van der Waals surface area contributed by atoms with Crippen LogP contribution in [0.25, 0.3) is 11.3 Å². The van der Waals surface area contributed by atoms with Crippen LogP contribution in [0.5, 0.6) is 5.75 Å². The van der Waals surface area contributed by atoms with Crippen LogP contribution in [0.4, 0.5) is 19.0 Å². The fourth-order valence-corrected chi connectivity index (χ4v) is 4.39. The maximum absolute atomic E-state index is 12.9. The van der Waals surface area contributed by atoms with E-state index in [0.29, 0.717) is 23.0 Å². The van der Waals surface area contributed by atoms with E-state index in [1.54, 1.807) is 30.3 Å². The van der Waals surface area contributed by atoms with Crippen LogP contribution >= 0.6 is 0 Å². The summed E-state index contributed by atoms with van der Waals surface area (Å²) < 4.78 is 38.8. The summed E-state index contributed by atoms with van der Waals surface area (Å²) in [5, 5.41) is 41.9. The van der Waals surface area contributed by atoms with Gasteiger partial charge in [-0.25, -0.2) is 0 Å². The molecule has 10 nitrogen and oxygen atoms in total. The predicted molar refractivity (Wildman–Crippen MR) is 145 cm³/mol. The number of halogens is 3. The van der Waals surface area contributed by atoms with Crippen LogP contribution in [-0.2, 0) is 17.6 Å². The quantitative estimate of drug-likeness (QED) is 0.285. The van der Waals surface area contributed by atoms with Gasteiger partial charge in [0.1, 0.15) is 12.3 Å². The van der Waals surface area contributed by atoms with Crippen LogP contribution in [0.2, 0.25) is 0 Å².